The minimum atomic E-state index is -0.103. The highest BCUT2D eigenvalue weighted by Gasteiger charge is 2.33. The maximum Gasteiger partial charge on any atom is 0.228 e. The van der Waals surface area contributed by atoms with E-state index in [1.165, 1.54) is 7.11 Å². The third-order valence-electron chi connectivity index (χ3n) is 5.18. The SMILES string of the molecule is C=CCN1C(=O)CC(c2ccc(O)c(OC)c2)c2c1ccc1ccccc21. The Hall–Kier alpha value is -3.27. The number of anilines is 1. The molecule has 3 aromatic rings. The standard InChI is InChI=1S/C23H21NO3/c1-3-12-24-19-10-8-15-6-4-5-7-17(15)23(19)18(14-22(24)26)16-9-11-20(25)21(13-16)27-2/h3-11,13,18,25H,1,12,14H2,2H3. The summed E-state index contributed by atoms with van der Waals surface area (Å²) in [5.41, 5.74) is 3.00. The van der Waals surface area contributed by atoms with Crippen molar-refractivity contribution in [2.45, 2.75) is 12.3 Å². The number of carbonyl (C=O) groups is 1. The molecule has 0 saturated carbocycles. The second-order valence-corrected chi connectivity index (χ2v) is 6.70. The summed E-state index contributed by atoms with van der Waals surface area (Å²) < 4.78 is 5.28. The summed E-state index contributed by atoms with van der Waals surface area (Å²) >= 11 is 0. The van der Waals surface area contributed by atoms with Gasteiger partial charge in [-0.1, -0.05) is 42.5 Å². The van der Waals surface area contributed by atoms with Gasteiger partial charge in [0.1, 0.15) is 0 Å². The highest BCUT2D eigenvalue weighted by atomic mass is 16.5. The van der Waals surface area contributed by atoms with E-state index in [9.17, 15) is 9.90 Å². The van der Waals surface area contributed by atoms with Gasteiger partial charge in [0.15, 0.2) is 11.5 Å². The molecule has 1 N–H and O–H groups in total. The lowest BCUT2D eigenvalue weighted by Crippen LogP contribution is -2.37. The van der Waals surface area contributed by atoms with Gasteiger partial charge in [-0.25, -0.2) is 0 Å². The van der Waals surface area contributed by atoms with E-state index in [1.54, 1.807) is 17.0 Å². The molecule has 27 heavy (non-hydrogen) atoms. The Kier molecular flexibility index (Phi) is 4.32. The fourth-order valence-corrected chi connectivity index (χ4v) is 3.93. The normalized spacial score (nSPS) is 16.3. The van der Waals surface area contributed by atoms with Crippen molar-refractivity contribution in [2.24, 2.45) is 0 Å². The van der Waals surface area contributed by atoms with Crippen molar-refractivity contribution in [1.29, 1.82) is 0 Å². The number of methoxy groups -OCH3 is 1. The summed E-state index contributed by atoms with van der Waals surface area (Å²) in [6.07, 6.45) is 2.11. The maximum absolute atomic E-state index is 12.9. The van der Waals surface area contributed by atoms with Crippen LogP contribution in [0.5, 0.6) is 11.5 Å². The number of nitrogens with zero attached hydrogens (tertiary/aromatic N) is 1. The molecule has 0 bridgehead atoms. The van der Waals surface area contributed by atoms with Crippen LogP contribution < -0.4 is 9.64 Å². The average Bonchev–Trinajstić information content (AvgIpc) is 2.70. The van der Waals surface area contributed by atoms with Gasteiger partial charge in [-0.05, 0) is 40.1 Å². The Morgan fingerprint density at radius 1 is 1.22 bits per heavy atom. The highest BCUT2D eigenvalue weighted by Crippen LogP contribution is 2.45. The lowest BCUT2D eigenvalue weighted by atomic mass is 9.81. The zero-order valence-electron chi connectivity index (χ0n) is 15.2. The summed E-state index contributed by atoms with van der Waals surface area (Å²) in [6.45, 7) is 4.28. The van der Waals surface area contributed by atoms with Crippen LogP contribution in [0, 0.1) is 0 Å². The fourth-order valence-electron chi connectivity index (χ4n) is 3.93. The van der Waals surface area contributed by atoms with Gasteiger partial charge in [-0.3, -0.25) is 4.79 Å². The summed E-state index contributed by atoms with van der Waals surface area (Å²) in [7, 11) is 1.53. The Labute approximate surface area is 158 Å². The maximum atomic E-state index is 12.9. The third-order valence-corrected chi connectivity index (χ3v) is 5.18. The zero-order valence-corrected chi connectivity index (χ0v) is 15.2. The molecule has 1 atom stereocenters. The molecule has 1 aliphatic rings. The fraction of sp³-hybridized carbons (Fsp3) is 0.174. The van der Waals surface area contributed by atoms with E-state index >= 15 is 0 Å². The van der Waals surface area contributed by atoms with Crippen molar-refractivity contribution in [3.63, 3.8) is 0 Å². The van der Waals surface area contributed by atoms with Crippen LogP contribution in [0.4, 0.5) is 5.69 Å². The van der Waals surface area contributed by atoms with E-state index in [0.717, 1.165) is 27.6 Å². The van der Waals surface area contributed by atoms with Gasteiger partial charge in [0.05, 0.1) is 7.11 Å². The van der Waals surface area contributed by atoms with Gasteiger partial charge in [0.25, 0.3) is 0 Å². The second-order valence-electron chi connectivity index (χ2n) is 6.70. The highest BCUT2D eigenvalue weighted by molar-refractivity contribution is 6.03. The molecule has 4 heteroatoms. The molecule has 0 aromatic heterocycles. The number of fused-ring (bicyclic) bond motifs is 3. The summed E-state index contributed by atoms with van der Waals surface area (Å²) in [5, 5.41) is 12.2. The number of ether oxygens (including phenoxy) is 1. The molecule has 1 heterocycles. The van der Waals surface area contributed by atoms with Crippen LogP contribution in [-0.2, 0) is 4.79 Å². The van der Waals surface area contributed by atoms with Gasteiger partial charge in [0.2, 0.25) is 5.91 Å². The topological polar surface area (TPSA) is 49.8 Å². The molecule has 0 saturated heterocycles. The van der Waals surface area contributed by atoms with Gasteiger partial charge < -0.3 is 14.7 Å². The summed E-state index contributed by atoms with van der Waals surface area (Å²) in [6, 6.07) is 17.6. The molecule has 0 radical (unpaired) electrons. The molecule has 3 aromatic carbocycles. The molecule has 136 valence electrons. The van der Waals surface area contributed by atoms with E-state index in [2.05, 4.69) is 24.8 Å². The zero-order chi connectivity index (χ0) is 19.0. The van der Waals surface area contributed by atoms with E-state index in [-0.39, 0.29) is 17.6 Å². The first kappa shape index (κ1) is 17.2. The largest absolute Gasteiger partial charge is 0.504 e. The monoisotopic (exact) mass is 359 g/mol. The predicted molar refractivity (Wildman–Crippen MR) is 108 cm³/mol. The number of phenolic OH excluding ortho intramolecular Hbond substituents is 1. The molecule has 0 fully saturated rings. The predicted octanol–water partition coefficient (Wildman–Crippen LogP) is 4.61. The number of aromatic hydroxyl groups is 1. The van der Waals surface area contributed by atoms with Crippen LogP contribution >= 0.6 is 0 Å². The van der Waals surface area contributed by atoms with Crippen molar-refractivity contribution in [3.8, 4) is 11.5 Å². The minimum Gasteiger partial charge on any atom is -0.504 e. The summed E-state index contributed by atoms with van der Waals surface area (Å²) in [4.78, 5) is 14.7. The third kappa shape index (κ3) is 2.83. The van der Waals surface area contributed by atoms with Gasteiger partial charge in [-0.15, -0.1) is 6.58 Å². The van der Waals surface area contributed by atoms with E-state index in [0.29, 0.717) is 18.7 Å². The molecule has 1 aliphatic heterocycles. The Bertz CT molecular complexity index is 1040. The number of rotatable bonds is 4. The molecule has 0 aliphatic carbocycles. The van der Waals surface area contributed by atoms with Crippen LogP contribution in [0.25, 0.3) is 10.8 Å². The first-order valence-corrected chi connectivity index (χ1v) is 8.94. The van der Waals surface area contributed by atoms with Crippen LogP contribution in [0.2, 0.25) is 0 Å². The summed E-state index contributed by atoms with van der Waals surface area (Å²) in [5.74, 6) is 0.467. The molecular weight excluding hydrogens is 338 g/mol. The number of benzene rings is 3. The van der Waals surface area contributed by atoms with Crippen molar-refractivity contribution in [1.82, 2.24) is 0 Å². The van der Waals surface area contributed by atoms with Crippen molar-refractivity contribution in [2.75, 3.05) is 18.6 Å². The number of hydrogen-bond acceptors (Lipinski definition) is 3. The second kappa shape index (κ2) is 6.80. The lowest BCUT2D eigenvalue weighted by molar-refractivity contribution is -0.119. The smallest absolute Gasteiger partial charge is 0.228 e. The van der Waals surface area contributed by atoms with Crippen LogP contribution in [0.3, 0.4) is 0 Å². The number of carbonyl (C=O) groups excluding carboxylic acids is 1. The van der Waals surface area contributed by atoms with Crippen molar-refractivity contribution < 1.29 is 14.6 Å². The molecule has 1 unspecified atom stereocenters. The number of phenols is 1. The van der Waals surface area contributed by atoms with Gasteiger partial charge >= 0.3 is 0 Å². The van der Waals surface area contributed by atoms with E-state index < -0.39 is 0 Å². The quantitative estimate of drug-likeness (QED) is 0.692. The van der Waals surface area contributed by atoms with Gasteiger partial charge in [0, 0.05) is 24.6 Å². The first-order valence-electron chi connectivity index (χ1n) is 8.94. The van der Waals surface area contributed by atoms with E-state index in [4.69, 9.17) is 4.74 Å². The van der Waals surface area contributed by atoms with Crippen molar-refractivity contribution in [3.05, 3.63) is 78.4 Å². The molecule has 4 nitrogen and oxygen atoms in total. The molecule has 0 spiro atoms. The Balaban J connectivity index is 1.97. The number of hydrogen-bond donors (Lipinski definition) is 1. The van der Waals surface area contributed by atoms with Gasteiger partial charge in [-0.2, -0.15) is 0 Å². The molecule has 4 rings (SSSR count). The first-order chi connectivity index (χ1) is 13.1. The molecular formula is C23H21NO3. The van der Waals surface area contributed by atoms with Crippen molar-refractivity contribution >= 4 is 22.4 Å². The Morgan fingerprint density at radius 3 is 2.81 bits per heavy atom. The average molecular weight is 359 g/mol. The minimum absolute atomic E-state index is 0.0646. The van der Waals surface area contributed by atoms with E-state index in [1.807, 2.05) is 30.3 Å². The van der Waals surface area contributed by atoms with Crippen LogP contribution in [0.15, 0.2) is 67.3 Å². The Morgan fingerprint density at radius 2 is 2.04 bits per heavy atom. The lowest BCUT2D eigenvalue weighted by Gasteiger charge is -2.35. The molecule has 1 amide bonds. The van der Waals surface area contributed by atoms with Crippen LogP contribution in [-0.4, -0.2) is 24.7 Å². The number of amides is 1. The van der Waals surface area contributed by atoms with Crippen LogP contribution in [0.1, 0.15) is 23.5 Å².